The average molecular weight is 304 g/mol. The van der Waals surface area contributed by atoms with E-state index >= 15 is 0 Å². The third-order valence-corrected chi connectivity index (χ3v) is 5.12. The maximum absolute atomic E-state index is 12.2. The molecular weight excluding hydrogens is 282 g/mol. The van der Waals surface area contributed by atoms with Gasteiger partial charge in [-0.15, -0.1) is 0 Å². The molecule has 2 rings (SSSR count). The molecule has 17 heavy (non-hydrogen) atoms. The lowest BCUT2D eigenvalue weighted by Crippen LogP contribution is -2.53. The highest BCUT2D eigenvalue weighted by atomic mass is 79.9. The van der Waals surface area contributed by atoms with Crippen molar-refractivity contribution in [3.8, 4) is 0 Å². The van der Waals surface area contributed by atoms with E-state index in [4.69, 9.17) is 4.74 Å². The number of nitrogens with one attached hydrogen (secondary N) is 1. The van der Waals surface area contributed by atoms with Crippen molar-refractivity contribution >= 4 is 21.8 Å². The summed E-state index contributed by atoms with van der Waals surface area (Å²) in [5.74, 6) is 0.413. The van der Waals surface area contributed by atoms with E-state index in [1.54, 1.807) is 0 Å². The topological polar surface area (TPSA) is 38.3 Å². The Morgan fingerprint density at radius 1 is 1.24 bits per heavy atom. The zero-order chi connectivity index (χ0) is 12.1. The van der Waals surface area contributed by atoms with E-state index in [0.29, 0.717) is 0 Å². The van der Waals surface area contributed by atoms with Crippen LogP contribution in [-0.4, -0.2) is 30.0 Å². The molecule has 1 saturated carbocycles. The number of carbonyl (C=O) groups excluding carboxylic acids is 1. The van der Waals surface area contributed by atoms with Crippen molar-refractivity contribution in [1.82, 2.24) is 5.32 Å². The summed E-state index contributed by atoms with van der Waals surface area (Å²) in [6, 6.07) is 0. The monoisotopic (exact) mass is 303 g/mol. The number of hydrogen-bond donors (Lipinski definition) is 1. The fourth-order valence-corrected chi connectivity index (χ4v) is 3.54. The number of hydrogen-bond acceptors (Lipinski definition) is 2. The summed E-state index contributed by atoms with van der Waals surface area (Å²) in [5.41, 5.74) is 0.0215. The number of carbonyl (C=O) groups is 1. The molecule has 0 atom stereocenters. The van der Waals surface area contributed by atoms with E-state index in [2.05, 4.69) is 21.2 Å². The van der Waals surface area contributed by atoms with Crippen molar-refractivity contribution in [2.24, 2.45) is 5.92 Å². The SMILES string of the molecule is O=C(NC1(CBr)CCCCC1)C1CCOCC1. The van der Waals surface area contributed by atoms with Crippen LogP contribution in [0.15, 0.2) is 0 Å². The van der Waals surface area contributed by atoms with Gasteiger partial charge in [0.1, 0.15) is 0 Å². The van der Waals surface area contributed by atoms with E-state index in [-0.39, 0.29) is 17.4 Å². The summed E-state index contributed by atoms with van der Waals surface area (Å²) in [6.07, 6.45) is 7.77. The number of alkyl halides is 1. The van der Waals surface area contributed by atoms with Gasteiger partial charge >= 0.3 is 0 Å². The van der Waals surface area contributed by atoms with E-state index in [1.165, 1.54) is 19.3 Å². The van der Waals surface area contributed by atoms with Crippen LogP contribution in [0.2, 0.25) is 0 Å². The first-order valence-corrected chi connectivity index (χ1v) is 7.84. The molecule has 1 aliphatic heterocycles. The largest absolute Gasteiger partial charge is 0.381 e. The van der Waals surface area contributed by atoms with Gasteiger partial charge in [-0.05, 0) is 25.7 Å². The highest BCUT2D eigenvalue weighted by Crippen LogP contribution is 2.30. The smallest absolute Gasteiger partial charge is 0.223 e. The quantitative estimate of drug-likeness (QED) is 0.814. The van der Waals surface area contributed by atoms with E-state index in [0.717, 1.165) is 44.2 Å². The Hall–Kier alpha value is -0.0900. The second kappa shape index (κ2) is 6.19. The molecule has 0 aromatic carbocycles. The van der Waals surface area contributed by atoms with Crippen molar-refractivity contribution < 1.29 is 9.53 Å². The Bertz CT molecular complexity index is 258. The normalized spacial score (nSPS) is 25.5. The van der Waals surface area contributed by atoms with Gasteiger partial charge < -0.3 is 10.1 Å². The van der Waals surface area contributed by atoms with Crippen LogP contribution in [0.5, 0.6) is 0 Å². The molecule has 1 saturated heterocycles. The van der Waals surface area contributed by atoms with Crippen molar-refractivity contribution in [3.05, 3.63) is 0 Å². The number of ether oxygens (including phenoxy) is 1. The lowest BCUT2D eigenvalue weighted by molar-refractivity contribution is -0.130. The van der Waals surface area contributed by atoms with Crippen molar-refractivity contribution in [2.75, 3.05) is 18.5 Å². The number of halogens is 1. The van der Waals surface area contributed by atoms with Crippen LogP contribution in [0.25, 0.3) is 0 Å². The molecule has 0 radical (unpaired) electrons. The molecule has 4 heteroatoms. The van der Waals surface area contributed by atoms with Crippen LogP contribution in [0.4, 0.5) is 0 Å². The van der Waals surface area contributed by atoms with Crippen LogP contribution in [-0.2, 0) is 9.53 Å². The second-order valence-electron chi connectivity index (χ2n) is 5.35. The van der Waals surface area contributed by atoms with Gasteiger partial charge in [0.05, 0.1) is 0 Å². The molecule has 1 heterocycles. The Labute approximate surface area is 112 Å². The summed E-state index contributed by atoms with van der Waals surface area (Å²) in [6.45, 7) is 1.47. The maximum Gasteiger partial charge on any atom is 0.223 e. The minimum absolute atomic E-state index is 0.0215. The van der Waals surface area contributed by atoms with Crippen LogP contribution < -0.4 is 5.32 Å². The van der Waals surface area contributed by atoms with Gasteiger partial charge in [-0.3, -0.25) is 4.79 Å². The standard InChI is InChI=1S/C13H22BrNO2/c14-10-13(6-2-1-3-7-13)15-12(16)11-4-8-17-9-5-11/h11H,1-10H2,(H,15,16). The summed E-state index contributed by atoms with van der Waals surface area (Å²) >= 11 is 3.58. The Morgan fingerprint density at radius 3 is 2.47 bits per heavy atom. The van der Waals surface area contributed by atoms with Gasteiger partial charge in [0.25, 0.3) is 0 Å². The zero-order valence-corrected chi connectivity index (χ0v) is 11.9. The highest BCUT2D eigenvalue weighted by Gasteiger charge is 2.34. The molecule has 0 spiro atoms. The van der Waals surface area contributed by atoms with Crippen LogP contribution in [0.3, 0.4) is 0 Å². The molecule has 98 valence electrons. The predicted octanol–water partition coefficient (Wildman–Crippen LogP) is 2.63. The maximum atomic E-state index is 12.2. The molecule has 3 nitrogen and oxygen atoms in total. The Balaban J connectivity index is 1.90. The molecule has 0 unspecified atom stereocenters. The molecule has 1 N–H and O–H groups in total. The van der Waals surface area contributed by atoms with Crippen molar-refractivity contribution in [2.45, 2.75) is 50.5 Å². The summed E-state index contributed by atoms with van der Waals surface area (Å²) < 4.78 is 5.30. The van der Waals surface area contributed by atoms with Gasteiger partial charge in [-0.25, -0.2) is 0 Å². The lowest BCUT2D eigenvalue weighted by Gasteiger charge is -2.38. The fraction of sp³-hybridized carbons (Fsp3) is 0.923. The Morgan fingerprint density at radius 2 is 1.88 bits per heavy atom. The first kappa shape index (κ1) is 13.3. The minimum Gasteiger partial charge on any atom is -0.381 e. The van der Waals surface area contributed by atoms with Gasteiger partial charge in [-0.1, -0.05) is 35.2 Å². The third-order valence-electron chi connectivity index (χ3n) is 4.05. The fourth-order valence-electron chi connectivity index (χ4n) is 2.84. The first-order valence-electron chi connectivity index (χ1n) is 6.71. The number of rotatable bonds is 3. The number of amides is 1. The van der Waals surface area contributed by atoms with E-state index < -0.39 is 0 Å². The molecular formula is C13H22BrNO2. The van der Waals surface area contributed by atoms with E-state index in [1.807, 2.05) is 0 Å². The molecule has 1 amide bonds. The van der Waals surface area contributed by atoms with Crippen LogP contribution in [0, 0.1) is 5.92 Å². The summed E-state index contributed by atoms with van der Waals surface area (Å²) in [4.78, 5) is 12.2. The summed E-state index contributed by atoms with van der Waals surface area (Å²) in [7, 11) is 0. The lowest BCUT2D eigenvalue weighted by atomic mass is 9.82. The molecule has 0 bridgehead atoms. The zero-order valence-electron chi connectivity index (χ0n) is 10.3. The van der Waals surface area contributed by atoms with Gasteiger partial charge in [0.15, 0.2) is 0 Å². The molecule has 2 aliphatic rings. The molecule has 2 fully saturated rings. The second-order valence-corrected chi connectivity index (χ2v) is 5.91. The highest BCUT2D eigenvalue weighted by molar-refractivity contribution is 9.09. The van der Waals surface area contributed by atoms with Gasteiger partial charge in [-0.2, -0.15) is 0 Å². The van der Waals surface area contributed by atoms with Crippen LogP contribution in [0.1, 0.15) is 44.9 Å². The minimum atomic E-state index is 0.0215. The Kier molecular flexibility index (Phi) is 4.86. The van der Waals surface area contributed by atoms with E-state index in [9.17, 15) is 4.79 Å². The molecule has 0 aromatic rings. The first-order chi connectivity index (χ1) is 8.26. The van der Waals surface area contributed by atoms with Gasteiger partial charge in [0.2, 0.25) is 5.91 Å². The third kappa shape index (κ3) is 3.44. The van der Waals surface area contributed by atoms with Crippen molar-refractivity contribution in [3.63, 3.8) is 0 Å². The van der Waals surface area contributed by atoms with Gasteiger partial charge in [0, 0.05) is 30.0 Å². The van der Waals surface area contributed by atoms with Crippen molar-refractivity contribution in [1.29, 1.82) is 0 Å². The van der Waals surface area contributed by atoms with Crippen LogP contribution >= 0.6 is 15.9 Å². The predicted molar refractivity (Wildman–Crippen MR) is 71.3 cm³/mol. The molecule has 0 aromatic heterocycles. The molecule has 1 aliphatic carbocycles. The summed E-state index contributed by atoms with van der Waals surface area (Å²) in [5, 5.41) is 4.19. The average Bonchev–Trinajstić information content (AvgIpc) is 2.41.